The number of hydrogen-bond donors (Lipinski definition) is 1. The second kappa shape index (κ2) is 9.99. The number of fused-ring (bicyclic) bond motifs is 2. The number of benzene rings is 1. The Hall–Kier alpha value is -3.13. The van der Waals surface area contributed by atoms with E-state index in [0.717, 1.165) is 29.6 Å². The lowest BCUT2D eigenvalue weighted by Crippen LogP contribution is -2.21. The third-order valence-corrected chi connectivity index (χ3v) is 5.60. The van der Waals surface area contributed by atoms with Gasteiger partial charge in [-0.2, -0.15) is 0 Å². The largest absolute Gasteiger partial charge is 0.493 e. The Morgan fingerprint density at radius 1 is 1.19 bits per heavy atom. The summed E-state index contributed by atoms with van der Waals surface area (Å²) >= 11 is 0. The van der Waals surface area contributed by atoms with Crippen molar-refractivity contribution in [3.8, 4) is 17.4 Å². The molecule has 1 aliphatic rings. The van der Waals surface area contributed by atoms with E-state index < -0.39 is 0 Å². The summed E-state index contributed by atoms with van der Waals surface area (Å²) in [7, 11) is 1.63. The van der Waals surface area contributed by atoms with Crippen molar-refractivity contribution in [1.82, 2.24) is 14.9 Å². The van der Waals surface area contributed by atoms with Crippen LogP contribution in [0.1, 0.15) is 33.1 Å². The first kappa shape index (κ1) is 22.1. The van der Waals surface area contributed by atoms with E-state index in [9.17, 15) is 4.79 Å². The fourth-order valence-electron chi connectivity index (χ4n) is 4.19. The fourth-order valence-corrected chi connectivity index (χ4v) is 4.19. The number of likely N-dealkylation sites (tertiary alicyclic amines) is 1. The number of rotatable bonds is 10. The molecule has 0 saturated carbocycles. The van der Waals surface area contributed by atoms with Crippen molar-refractivity contribution in [2.24, 2.45) is 0 Å². The smallest absolute Gasteiger partial charge is 0.299 e. The summed E-state index contributed by atoms with van der Waals surface area (Å²) in [5.41, 5.74) is 2.24. The molecule has 170 valence electrons. The molecule has 1 N–H and O–H groups in total. The number of ether oxygens (including phenoxy) is 3. The summed E-state index contributed by atoms with van der Waals surface area (Å²) in [5, 5.41) is 4.96. The van der Waals surface area contributed by atoms with Gasteiger partial charge in [-0.1, -0.05) is 0 Å². The number of methoxy groups -OCH3 is 1. The molecule has 0 spiro atoms. The molecular formula is C24H30N4O4. The number of carbonyl (C=O) groups excluding carboxylic acids is 1. The van der Waals surface area contributed by atoms with Crippen molar-refractivity contribution in [3.05, 3.63) is 24.4 Å². The lowest BCUT2D eigenvalue weighted by molar-refractivity contribution is -0.120. The van der Waals surface area contributed by atoms with Crippen LogP contribution < -0.4 is 19.5 Å². The molecule has 8 heteroatoms. The molecule has 0 unspecified atom stereocenters. The zero-order chi connectivity index (χ0) is 22.5. The van der Waals surface area contributed by atoms with E-state index in [-0.39, 0.29) is 11.9 Å². The molecule has 3 heterocycles. The Labute approximate surface area is 187 Å². The maximum absolute atomic E-state index is 11.0. The first-order valence-corrected chi connectivity index (χ1v) is 11.1. The minimum atomic E-state index is 0.139. The highest BCUT2D eigenvalue weighted by molar-refractivity contribution is 6.10. The molecule has 0 radical (unpaired) electrons. The molecule has 0 bridgehead atoms. The second-order valence-corrected chi connectivity index (χ2v) is 8.28. The van der Waals surface area contributed by atoms with Gasteiger partial charge < -0.3 is 24.4 Å². The van der Waals surface area contributed by atoms with Gasteiger partial charge in [-0.25, -0.2) is 9.97 Å². The Morgan fingerprint density at radius 2 is 2.00 bits per heavy atom. The van der Waals surface area contributed by atoms with E-state index in [1.54, 1.807) is 19.4 Å². The first-order chi connectivity index (χ1) is 15.6. The third-order valence-electron chi connectivity index (χ3n) is 5.60. The highest BCUT2D eigenvalue weighted by atomic mass is 16.5. The van der Waals surface area contributed by atoms with Crippen molar-refractivity contribution in [2.45, 2.75) is 39.2 Å². The summed E-state index contributed by atoms with van der Waals surface area (Å²) in [6.45, 7) is 8.51. The highest BCUT2D eigenvalue weighted by Gasteiger charge is 2.19. The zero-order valence-electron chi connectivity index (χ0n) is 18.9. The maximum Gasteiger partial charge on any atom is 0.299 e. The summed E-state index contributed by atoms with van der Waals surface area (Å²) in [6.07, 6.45) is 5.13. The predicted octanol–water partition coefficient (Wildman–Crippen LogP) is 4.01. The molecule has 1 saturated heterocycles. The van der Waals surface area contributed by atoms with Gasteiger partial charge in [0, 0.05) is 30.2 Å². The van der Waals surface area contributed by atoms with Crippen LogP contribution in [-0.4, -0.2) is 60.7 Å². The van der Waals surface area contributed by atoms with E-state index in [2.05, 4.69) is 15.2 Å². The van der Waals surface area contributed by atoms with Crippen LogP contribution in [0.15, 0.2) is 24.4 Å². The topological polar surface area (TPSA) is 85.8 Å². The molecule has 0 atom stereocenters. The van der Waals surface area contributed by atoms with Crippen LogP contribution in [0, 0.1) is 0 Å². The number of aromatic nitrogens is 2. The normalized spacial score (nSPS) is 14.2. The minimum Gasteiger partial charge on any atom is -0.493 e. The molecule has 2 aromatic heterocycles. The standard InChI is InChI=1S/C24H30N4O4/c1-16(2)26-23-17-13-20(30-3)21(31-12-6-11-28-9-4-5-10-28)14-19(17)27-18-7-8-25-24(22(18)23)32-15-29/h7-8,13-16H,4-6,9-12H2,1-3H3,(H,26,27). The maximum atomic E-state index is 11.0. The molecule has 1 aliphatic heterocycles. The van der Waals surface area contributed by atoms with E-state index in [1.165, 1.54) is 25.9 Å². The first-order valence-electron chi connectivity index (χ1n) is 11.1. The third kappa shape index (κ3) is 4.70. The summed E-state index contributed by atoms with van der Waals surface area (Å²) in [6, 6.07) is 5.77. The van der Waals surface area contributed by atoms with Crippen molar-refractivity contribution in [1.29, 1.82) is 0 Å². The van der Waals surface area contributed by atoms with Crippen LogP contribution in [-0.2, 0) is 4.79 Å². The van der Waals surface area contributed by atoms with Crippen LogP contribution in [0.4, 0.5) is 5.69 Å². The lowest BCUT2D eigenvalue weighted by Gasteiger charge is -2.19. The van der Waals surface area contributed by atoms with Gasteiger partial charge in [-0.3, -0.25) is 4.79 Å². The van der Waals surface area contributed by atoms with Crippen LogP contribution in [0.3, 0.4) is 0 Å². The number of nitrogens with one attached hydrogen (secondary N) is 1. The molecule has 4 rings (SSSR count). The molecule has 1 fully saturated rings. The Balaban J connectivity index is 1.71. The van der Waals surface area contributed by atoms with Gasteiger partial charge in [0.1, 0.15) is 0 Å². The number of pyridine rings is 2. The predicted molar refractivity (Wildman–Crippen MR) is 125 cm³/mol. The lowest BCUT2D eigenvalue weighted by atomic mass is 10.1. The Morgan fingerprint density at radius 3 is 2.72 bits per heavy atom. The number of anilines is 1. The number of hydrogen-bond acceptors (Lipinski definition) is 8. The van der Waals surface area contributed by atoms with Gasteiger partial charge in [0.15, 0.2) is 11.5 Å². The van der Waals surface area contributed by atoms with Crippen molar-refractivity contribution in [2.75, 3.05) is 38.7 Å². The molecule has 32 heavy (non-hydrogen) atoms. The average Bonchev–Trinajstić information content (AvgIpc) is 3.29. The summed E-state index contributed by atoms with van der Waals surface area (Å²) in [5.74, 6) is 1.52. The van der Waals surface area contributed by atoms with Gasteiger partial charge in [-0.05, 0) is 58.3 Å². The Kier molecular flexibility index (Phi) is 6.90. The van der Waals surface area contributed by atoms with Crippen LogP contribution in [0.2, 0.25) is 0 Å². The summed E-state index contributed by atoms with van der Waals surface area (Å²) < 4.78 is 16.9. The van der Waals surface area contributed by atoms with E-state index >= 15 is 0 Å². The van der Waals surface area contributed by atoms with Crippen LogP contribution in [0.5, 0.6) is 17.4 Å². The number of carbonyl (C=O) groups is 1. The summed E-state index contributed by atoms with van der Waals surface area (Å²) in [4.78, 5) is 22.5. The average molecular weight is 439 g/mol. The molecule has 8 nitrogen and oxygen atoms in total. The molecular weight excluding hydrogens is 408 g/mol. The van der Waals surface area contributed by atoms with E-state index in [0.29, 0.717) is 35.5 Å². The van der Waals surface area contributed by atoms with Gasteiger partial charge in [0.25, 0.3) is 6.47 Å². The second-order valence-electron chi connectivity index (χ2n) is 8.28. The van der Waals surface area contributed by atoms with Gasteiger partial charge in [-0.15, -0.1) is 0 Å². The molecule has 3 aromatic rings. The van der Waals surface area contributed by atoms with Gasteiger partial charge in [0.05, 0.1) is 35.8 Å². The molecule has 0 aliphatic carbocycles. The van der Waals surface area contributed by atoms with Gasteiger partial charge >= 0.3 is 0 Å². The van der Waals surface area contributed by atoms with Gasteiger partial charge in [0.2, 0.25) is 5.88 Å². The monoisotopic (exact) mass is 438 g/mol. The van der Waals surface area contributed by atoms with Crippen LogP contribution in [0.25, 0.3) is 21.8 Å². The minimum absolute atomic E-state index is 0.139. The van der Waals surface area contributed by atoms with E-state index in [4.69, 9.17) is 19.2 Å². The Bertz CT molecular complexity index is 1100. The molecule has 1 aromatic carbocycles. The number of nitrogens with zero attached hydrogens (tertiary/aromatic N) is 3. The van der Waals surface area contributed by atoms with Crippen molar-refractivity contribution >= 4 is 34.0 Å². The van der Waals surface area contributed by atoms with Crippen LogP contribution >= 0.6 is 0 Å². The highest BCUT2D eigenvalue weighted by Crippen LogP contribution is 2.40. The van der Waals surface area contributed by atoms with Crippen molar-refractivity contribution < 1.29 is 19.0 Å². The zero-order valence-corrected chi connectivity index (χ0v) is 18.9. The van der Waals surface area contributed by atoms with Crippen molar-refractivity contribution in [3.63, 3.8) is 0 Å². The SMILES string of the molecule is COc1cc2c(NC(C)C)c3c(OC=O)nccc3nc2cc1OCCCN1CCCC1. The fraction of sp³-hybridized carbons (Fsp3) is 0.458. The quantitative estimate of drug-likeness (QED) is 0.289. The van der Waals surface area contributed by atoms with E-state index in [1.807, 2.05) is 26.0 Å². The molecule has 0 amide bonds.